The highest BCUT2D eigenvalue weighted by Crippen LogP contribution is 2.09. The van der Waals surface area contributed by atoms with Gasteiger partial charge in [0.15, 0.2) is 5.96 Å². The summed E-state index contributed by atoms with van der Waals surface area (Å²) in [6.07, 6.45) is 3.47. The monoisotopic (exact) mass is 352 g/mol. The van der Waals surface area contributed by atoms with Gasteiger partial charge in [0.1, 0.15) is 0 Å². The predicted octanol–water partition coefficient (Wildman–Crippen LogP) is 3.19. The number of amides is 1. The molecule has 5 nitrogen and oxygen atoms in total. The molecule has 24 heavy (non-hydrogen) atoms. The molecule has 1 atom stereocenters. The first-order chi connectivity index (χ1) is 11.4. The fraction of sp³-hybridized carbons (Fsp3) is 0.556. The summed E-state index contributed by atoms with van der Waals surface area (Å²) in [5, 5.41) is 6.59. The number of nitrogens with two attached hydrogens (primary N) is 1. The predicted molar refractivity (Wildman–Crippen MR) is 102 cm³/mol. The van der Waals surface area contributed by atoms with Crippen LogP contribution in [0.25, 0.3) is 0 Å². The Bertz CT molecular complexity index is 528. The normalized spacial score (nSPS) is 13.0. The molecule has 0 bridgehead atoms. The SMILES string of the molecule is CC(C)CCCC(C)NC(N)=NCCNC(=O)c1ccc(Cl)cc1. The molecule has 1 aromatic carbocycles. The smallest absolute Gasteiger partial charge is 0.251 e. The van der Waals surface area contributed by atoms with Gasteiger partial charge in [-0.05, 0) is 43.5 Å². The molecule has 134 valence electrons. The third kappa shape index (κ3) is 8.77. The topological polar surface area (TPSA) is 79.5 Å². The van der Waals surface area contributed by atoms with E-state index in [1.165, 1.54) is 12.8 Å². The summed E-state index contributed by atoms with van der Waals surface area (Å²) in [5.41, 5.74) is 6.44. The minimum absolute atomic E-state index is 0.143. The lowest BCUT2D eigenvalue weighted by molar-refractivity contribution is 0.0955. The first kappa shape index (κ1) is 20.3. The lowest BCUT2D eigenvalue weighted by Crippen LogP contribution is -2.39. The van der Waals surface area contributed by atoms with Crippen LogP contribution >= 0.6 is 11.6 Å². The van der Waals surface area contributed by atoms with Gasteiger partial charge in [-0.2, -0.15) is 0 Å². The van der Waals surface area contributed by atoms with Crippen molar-refractivity contribution in [2.24, 2.45) is 16.6 Å². The van der Waals surface area contributed by atoms with E-state index in [9.17, 15) is 4.79 Å². The molecular weight excluding hydrogens is 324 g/mol. The van der Waals surface area contributed by atoms with Crippen molar-refractivity contribution in [3.8, 4) is 0 Å². The third-order valence-electron chi connectivity index (χ3n) is 3.60. The summed E-state index contributed by atoms with van der Waals surface area (Å²) >= 11 is 5.80. The highest BCUT2D eigenvalue weighted by molar-refractivity contribution is 6.30. The molecule has 0 aliphatic carbocycles. The molecule has 0 aliphatic heterocycles. The van der Waals surface area contributed by atoms with E-state index in [1.807, 2.05) is 0 Å². The van der Waals surface area contributed by atoms with Crippen molar-refractivity contribution in [1.29, 1.82) is 0 Å². The lowest BCUT2D eigenvalue weighted by atomic mass is 10.0. The first-order valence-corrected chi connectivity index (χ1v) is 8.86. The van der Waals surface area contributed by atoms with E-state index < -0.39 is 0 Å². The van der Waals surface area contributed by atoms with E-state index >= 15 is 0 Å². The van der Waals surface area contributed by atoms with Gasteiger partial charge < -0.3 is 16.4 Å². The van der Waals surface area contributed by atoms with Gasteiger partial charge in [0.05, 0.1) is 6.54 Å². The minimum atomic E-state index is -0.143. The van der Waals surface area contributed by atoms with Gasteiger partial charge in [0.25, 0.3) is 5.91 Å². The number of hydrogen-bond donors (Lipinski definition) is 3. The van der Waals surface area contributed by atoms with Gasteiger partial charge in [0, 0.05) is 23.2 Å². The Kier molecular flexibility index (Phi) is 9.23. The zero-order valence-electron chi connectivity index (χ0n) is 14.8. The summed E-state index contributed by atoms with van der Waals surface area (Å²) in [7, 11) is 0. The highest BCUT2D eigenvalue weighted by atomic mass is 35.5. The average molecular weight is 353 g/mol. The molecule has 0 spiro atoms. The fourth-order valence-corrected chi connectivity index (χ4v) is 2.38. The van der Waals surface area contributed by atoms with Crippen LogP contribution in [0.1, 0.15) is 50.4 Å². The van der Waals surface area contributed by atoms with Crippen LogP contribution in [0.2, 0.25) is 5.02 Å². The number of aliphatic imine (C=N–C) groups is 1. The van der Waals surface area contributed by atoms with Crippen LogP contribution in [0.15, 0.2) is 29.3 Å². The number of hydrogen-bond acceptors (Lipinski definition) is 2. The molecular formula is C18H29ClN4O. The van der Waals surface area contributed by atoms with Gasteiger partial charge in [-0.25, -0.2) is 0 Å². The number of carbonyl (C=O) groups excluding carboxylic acids is 1. The van der Waals surface area contributed by atoms with E-state index in [1.54, 1.807) is 24.3 Å². The van der Waals surface area contributed by atoms with Crippen molar-refractivity contribution in [3.05, 3.63) is 34.9 Å². The lowest BCUT2D eigenvalue weighted by Gasteiger charge is -2.15. The van der Waals surface area contributed by atoms with Crippen molar-refractivity contribution < 1.29 is 4.79 Å². The molecule has 0 saturated carbocycles. The van der Waals surface area contributed by atoms with Crippen molar-refractivity contribution in [1.82, 2.24) is 10.6 Å². The van der Waals surface area contributed by atoms with Crippen molar-refractivity contribution in [3.63, 3.8) is 0 Å². The number of nitrogens with one attached hydrogen (secondary N) is 2. The average Bonchev–Trinajstić information content (AvgIpc) is 2.51. The van der Waals surface area contributed by atoms with E-state index in [-0.39, 0.29) is 5.91 Å². The molecule has 1 unspecified atom stereocenters. The summed E-state index contributed by atoms with van der Waals surface area (Å²) in [4.78, 5) is 16.1. The molecule has 6 heteroatoms. The number of benzene rings is 1. The van der Waals surface area contributed by atoms with E-state index in [2.05, 4.69) is 36.4 Å². The van der Waals surface area contributed by atoms with Crippen molar-refractivity contribution in [2.45, 2.75) is 46.1 Å². The Morgan fingerprint density at radius 2 is 1.88 bits per heavy atom. The summed E-state index contributed by atoms with van der Waals surface area (Å²) in [6, 6.07) is 7.07. The molecule has 0 fully saturated rings. The zero-order chi connectivity index (χ0) is 17.9. The number of guanidine groups is 1. The third-order valence-corrected chi connectivity index (χ3v) is 3.85. The molecule has 0 heterocycles. The second-order valence-corrected chi connectivity index (χ2v) is 6.84. The summed E-state index contributed by atoms with van der Waals surface area (Å²) in [5.74, 6) is 1.01. The van der Waals surface area contributed by atoms with E-state index in [4.69, 9.17) is 17.3 Å². The van der Waals surface area contributed by atoms with Crippen LogP contribution in [-0.2, 0) is 0 Å². The maximum absolute atomic E-state index is 11.9. The van der Waals surface area contributed by atoms with Gasteiger partial charge in [-0.3, -0.25) is 9.79 Å². The quantitative estimate of drug-likeness (QED) is 0.363. The van der Waals surface area contributed by atoms with Crippen LogP contribution in [0.3, 0.4) is 0 Å². The second kappa shape index (κ2) is 10.9. The number of rotatable bonds is 9. The first-order valence-electron chi connectivity index (χ1n) is 8.48. The molecule has 0 radical (unpaired) electrons. The van der Waals surface area contributed by atoms with Gasteiger partial charge in [0.2, 0.25) is 0 Å². The Morgan fingerprint density at radius 1 is 1.21 bits per heavy atom. The van der Waals surface area contributed by atoms with Crippen LogP contribution < -0.4 is 16.4 Å². The van der Waals surface area contributed by atoms with Gasteiger partial charge >= 0.3 is 0 Å². The molecule has 1 amide bonds. The van der Waals surface area contributed by atoms with E-state index in [0.29, 0.717) is 35.7 Å². The zero-order valence-corrected chi connectivity index (χ0v) is 15.6. The Hall–Kier alpha value is -1.75. The largest absolute Gasteiger partial charge is 0.370 e. The molecule has 0 saturated heterocycles. The molecule has 4 N–H and O–H groups in total. The second-order valence-electron chi connectivity index (χ2n) is 6.40. The molecule has 0 aliphatic rings. The maximum atomic E-state index is 11.9. The Labute approximate surface area is 150 Å². The van der Waals surface area contributed by atoms with Gasteiger partial charge in [-0.15, -0.1) is 0 Å². The summed E-state index contributed by atoms with van der Waals surface area (Å²) in [6.45, 7) is 7.44. The number of halogens is 1. The number of nitrogens with zero attached hydrogens (tertiary/aromatic N) is 1. The van der Waals surface area contributed by atoms with E-state index in [0.717, 1.165) is 12.3 Å². The molecule has 0 aromatic heterocycles. The Morgan fingerprint density at radius 3 is 2.50 bits per heavy atom. The van der Waals surface area contributed by atoms with Crippen LogP contribution in [0, 0.1) is 5.92 Å². The van der Waals surface area contributed by atoms with Crippen LogP contribution in [0.4, 0.5) is 0 Å². The Balaban J connectivity index is 2.23. The molecule has 1 aromatic rings. The number of carbonyl (C=O) groups is 1. The minimum Gasteiger partial charge on any atom is -0.370 e. The maximum Gasteiger partial charge on any atom is 0.251 e. The summed E-state index contributed by atoms with van der Waals surface area (Å²) < 4.78 is 0. The highest BCUT2D eigenvalue weighted by Gasteiger charge is 2.05. The fourth-order valence-electron chi connectivity index (χ4n) is 2.25. The van der Waals surface area contributed by atoms with Crippen LogP contribution in [-0.4, -0.2) is 31.0 Å². The van der Waals surface area contributed by atoms with Crippen molar-refractivity contribution in [2.75, 3.05) is 13.1 Å². The van der Waals surface area contributed by atoms with Gasteiger partial charge in [-0.1, -0.05) is 38.3 Å². The van der Waals surface area contributed by atoms with Crippen molar-refractivity contribution >= 4 is 23.5 Å². The standard InChI is InChI=1S/C18H29ClN4O/c1-13(2)5-4-6-14(3)23-18(20)22-12-11-21-17(24)15-7-9-16(19)10-8-15/h7-10,13-14H,4-6,11-12H2,1-3H3,(H,21,24)(H3,20,22,23). The van der Waals surface area contributed by atoms with Crippen LogP contribution in [0.5, 0.6) is 0 Å². The molecule has 1 rings (SSSR count).